The maximum atomic E-state index is 13.1. The van der Waals surface area contributed by atoms with Crippen molar-refractivity contribution in [3.05, 3.63) is 35.4 Å². The van der Waals surface area contributed by atoms with Crippen molar-refractivity contribution in [2.24, 2.45) is 5.92 Å². The molecule has 0 amide bonds. The molecule has 0 fully saturated rings. The molecule has 0 saturated carbocycles. The van der Waals surface area contributed by atoms with Gasteiger partial charge in [0.1, 0.15) is 11.6 Å². The number of nitriles is 1. The van der Waals surface area contributed by atoms with E-state index in [0.29, 0.717) is 0 Å². The van der Waals surface area contributed by atoms with Crippen LogP contribution in [-0.2, 0) is 0 Å². The Morgan fingerprint density at radius 1 is 1.47 bits per heavy atom. The zero-order valence-corrected chi connectivity index (χ0v) is 8.13. The molecule has 1 aromatic carbocycles. The fourth-order valence-corrected chi connectivity index (χ4v) is 1.19. The second-order valence-electron chi connectivity index (χ2n) is 3.25. The van der Waals surface area contributed by atoms with Crippen molar-refractivity contribution in [2.45, 2.75) is 13.3 Å². The Morgan fingerprint density at radius 2 is 2.00 bits per heavy atom. The van der Waals surface area contributed by atoms with Gasteiger partial charge < -0.3 is 0 Å². The molecule has 4 heteroatoms. The highest BCUT2D eigenvalue weighted by Crippen LogP contribution is 2.16. The predicted octanol–water partition coefficient (Wildman–Crippen LogP) is 2.70. The fourth-order valence-electron chi connectivity index (χ4n) is 1.19. The molecule has 0 aliphatic rings. The zero-order chi connectivity index (χ0) is 11.4. The van der Waals surface area contributed by atoms with Crippen LogP contribution in [0, 0.1) is 28.9 Å². The summed E-state index contributed by atoms with van der Waals surface area (Å²) < 4.78 is 26.2. The lowest BCUT2D eigenvalue weighted by molar-refractivity contribution is 0.0964. The van der Waals surface area contributed by atoms with E-state index in [0.717, 1.165) is 12.1 Å². The van der Waals surface area contributed by atoms with Crippen molar-refractivity contribution in [1.82, 2.24) is 0 Å². The number of hydrogen-bond donors (Lipinski definition) is 0. The van der Waals surface area contributed by atoms with Gasteiger partial charge in [0.05, 0.1) is 17.6 Å². The number of carbonyl (C=O) groups excluding carboxylic acids is 1. The molecule has 0 aromatic heterocycles. The van der Waals surface area contributed by atoms with E-state index < -0.39 is 28.9 Å². The van der Waals surface area contributed by atoms with E-state index in [4.69, 9.17) is 5.26 Å². The molecular weight excluding hydrogens is 200 g/mol. The number of benzene rings is 1. The largest absolute Gasteiger partial charge is 0.294 e. The van der Waals surface area contributed by atoms with Crippen LogP contribution < -0.4 is 0 Å². The van der Waals surface area contributed by atoms with Gasteiger partial charge in [0.15, 0.2) is 5.78 Å². The molecule has 0 aliphatic carbocycles. The molecule has 1 unspecified atom stereocenters. The van der Waals surface area contributed by atoms with Gasteiger partial charge in [-0.15, -0.1) is 0 Å². The van der Waals surface area contributed by atoms with Gasteiger partial charge in [-0.1, -0.05) is 6.07 Å². The highest BCUT2D eigenvalue weighted by atomic mass is 19.1. The van der Waals surface area contributed by atoms with Crippen LogP contribution in [0.5, 0.6) is 0 Å². The summed E-state index contributed by atoms with van der Waals surface area (Å²) in [4.78, 5) is 11.4. The SMILES string of the molecule is CC(C#N)CC(=O)c1c(F)cccc1F. The summed E-state index contributed by atoms with van der Waals surface area (Å²) in [5.74, 6) is -2.99. The monoisotopic (exact) mass is 209 g/mol. The summed E-state index contributed by atoms with van der Waals surface area (Å²) in [5.41, 5.74) is -0.556. The average Bonchev–Trinajstić information content (AvgIpc) is 2.17. The lowest BCUT2D eigenvalue weighted by Gasteiger charge is -2.04. The molecule has 1 aromatic rings. The van der Waals surface area contributed by atoms with Crippen LogP contribution in [-0.4, -0.2) is 5.78 Å². The van der Waals surface area contributed by atoms with Crippen LogP contribution in [0.1, 0.15) is 23.7 Å². The fraction of sp³-hybridized carbons (Fsp3) is 0.273. The number of ketones is 1. The van der Waals surface area contributed by atoms with Crippen LogP contribution in [0.3, 0.4) is 0 Å². The summed E-state index contributed by atoms with van der Waals surface area (Å²) in [6, 6.07) is 5.07. The van der Waals surface area contributed by atoms with Gasteiger partial charge in [-0.25, -0.2) is 8.78 Å². The summed E-state index contributed by atoms with van der Waals surface area (Å²) in [7, 11) is 0. The van der Waals surface area contributed by atoms with Crippen LogP contribution in [0.4, 0.5) is 8.78 Å². The molecule has 0 radical (unpaired) electrons. The van der Waals surface area contributed by atoms with Gasteiger partial charge in [-0.2, -0.15) is 5.26 Å². The number of hydrogen-bond acceptors (Lipinski definition) is 2. The second kappa shape index (κ2) is 4.65. The van der Waals surface area contributed by atoms with Crippen molar-refractivity contribution in [2.75, 3.05) is 0 Å². The Morgan fingerprint density at radius 3 is 2.47 bits per heavy atom. The lowest BCUT2D eigenvalue weighted by Crippen LogP contribution is -2.09. The van der Waals surface area contributed by atoms with E-state index in [1.807, 2.05) is 6.07 Å². The first kappa shape index (κ1) is 11.3. The number of rotatable bonds is 3. The van der Waals surface area contributed by atoms with Crippen molar-refractivity contribution in [3.8, 4) is 6.07 Å². The molecule has 2 nitrogen and oxygen atoms in total. The van der Waals surface area contributed by atoms with Gasteiger partial charge in [-0.3, -0.25) is 4.79 Å². The maximum Gasteiger partial charge on any atom is 0.170 e. The first-order chi connectivity index (χ1) is 7.06. The number of nitrogens with zero attached hydrogens (tertiary/aromatic N) is 1. The van der Waals surface area contributed by atoms with Crippen LogP contribution in [0.2, 0.25) is 0 Å². The van der Waals surface area contributed by atoms with Crippen molar-refractivity contribution >= 4 is 5.78 Å². The number of carbonyl (C=O) groups is 1. The van der Waals surface area contributed by atoms with Gasteiger partial charge in [-0.05, 0) is 19.1 Å². The molecule has 0 spiro atoms. The summed E-state index contributed by atoms with van der Waals surface area (Å²) in [5, 5.41) is 8.48. The Labute approximate surface area is 86.1 Å². The first-order valence-corrected chi connectivity index (χ1v) is 4.43. The minimum absolute atomic E-state index is 0.172. The predicted molar refractivity (Wildman–Crippen MR) is 50.1 cm³/mol. The van der Waals surface area contributed by atoms with Crippen LogP contribution in [0.15, 0.2) is 18.2 Å². The Hall–Kier alpha value is -1.76. The normalized spacial score (nSPS) is 11.9. The van der Waals surface area contributed by atoms with Gasteiger partial charge in [0.2, 0.25) is 0 Å². The second-order valence-corrected chi connectivity index (χ2v) is 3.25. The van der Waals surface area contributed by atoms with E-state index in [1.54, 1.807) is 0 Å². The quantitative estimate of drug-likeness (QED) is 0.718. The Balaban J connectivity index is 2.97. The van der Waals surface area contributed by atoms with Crippen molar-refractivity contribution in [1.29, 1.82) is 5.26 Å². The van der Waals surface area contributed by atoms with Crippen molar-refractivity contribution < 1.29 is 13.6 Å². The topological polar surface area (TPSA) is 40.9 Å². The third-order valence-corrected chi connectivity index (χ3v) is 1.95. The standard InChI is InChI=1S/C11H9F2NO/c1-7(6-14)5-10(15)11-8(12)3-2-4-9(11)13/h2-4,7H,5H2,1H3. The highest BCUT2D eigenvalue weighted by Gasteiger charge is 2.18. The van der Waals surface area contributed by atoms with E-state index in [2.05, 4.69) is 0 Å². The third-order valence-electron chi connectivity index (χ3n) is 1.95. The molecule has 1 atom stereocenters. The summed E-state index contributed by atoms with van der Waals surface area (Å²) in [6.07, 6.45) is -0.172. The van der Waals surface area contributed by atoms with Gasteiger partial charge in [0, 0.05) is 6.42 Å². The molecule has 1 rings (SSSR count). The minimum atomic E-state index is -0.884. The highest BCUT2D eigenvalue weighted by molar-refractivity contribution is 5.96. The first-order valence-electron chi connectivity index (χ1n) is 4.43. The molecule has 0 saturated heterocycles. The van der Waals surface area contributed by atoms with E-state index in [1.165, 1.54) is 13.0 Å². The van der Waals surface area contributed by atoms with Crippen molar-refractivity contribution in [3.63, 3.8) is 0 Å². The Kier molecular flexibility index (Phi) is 3.51. The number of halogens is 2. The van der Waals surface area contributed by atoms with E-state index >= 15 is 0 Å². The maximum absolute atomic E-state index is 13.1. The minimum Gasteiger partial charge on any atom is -0.294 e. The lowest BCUT2D eigenvalue weighted by atomic mass is 10.00. The molecular formula is C11H9F2NO. The average molecular weight is 209 g/mol. The summed E-state index contributed by atoms with van der Waals surface area (Å²) in [6.45, 7) is 1.52. The van der Waals surface area contributed by atoms with Gasteiger partial charge in [0.25, 0.3) is 0 Å². The molecule has 0 bridgehead atoms. The third kappa shape index (κ3) is 2.59. The van der Waals surface area contributed by atoms with E-state index in [9.17, 15) is 13.6 Å². The molecule has 0 N–H and O–H groups in total. The molecule has 15 heavy (non-hydrogen) atoms. The smallest absolute Gasteiger partial charge is 0.170 e. The van der Waals surface area contributed by atoms with Crippen LogP contribution in [0.25, 0.3) is 0 Å². The van der Waals surface area contributed by atoms with Crippen LogP contribution >= 0.6 is 0 Å². The molecule has 0 aliphatic heterocycles. The molecule has 0 heterocycles. The van der Waals surface area contributed by atoms with Gasteiger partial charge >= 0.3 is 0 Å². The molecule has 78 valence electrons. The summed E-state index contributed by atoms with van der Waals surface area (Å²) >= 11 is 0. The Bertz CT molecular complexity index is 403. The van der Waals surface area contributed by atoms with E-state index in [-0.39, 0.29) is 6.42 Å². The number of Topliss-reactive ketones (excluding diaryl/α,β-unsaturated/α-hetero) is 1. The zero-order valence-electron chi connectivity index (χ0n) is 8.13.